The fourth-order valence-corrected chi connectivity index (χ4v) is 3.39. The Labute approximate surface area is 173 Å². The molecule has 150 valence electrons. The first-order chi connectivity index (χ1) is 13.9. The van der Waals surface area contributed by atoms with Gasteiger partial charge >= 0.3 is 0 Å². The highest BCUT2D eigenvalue weighted by Crippen LogP contribution is 2.26. The number of thioether (sulfide) groups is 1. The van der Waals surface area contributed by atoms with Gasteiger partial charge in [-0.15, -0.1) is 11.8 Å². The second-order valence-corrected chi connectivity index (χ2v) is 7.36. The number of benzene rings is 1. The zero-order valence-electron chi connectivity index (χ0n) is 16.7. The lowest BCUT2D eigenvalue weighted by molar-refractivity contribution is -0.116. The van der Waals surface area contributed by atoms with Crippen molar-refractivity contribution in [2.24, 2.45) is 0 Å². The number of aromatic nitrogens is 2. The highest BCUT2D eigenvalue weighted by Gasteiger charge is 2.23. The lowest BCUT2D eigenvalue weighted by atomic mass is 10.2. The molecule has 0 unspecified atom stereocenters. The van der Waals surface area contributed by atoms with E-state index in [-0.39, 0.29) is 18.4 Å². The van der Waals surface area contributed by atoms with Crippen LogP contribution in [0.1, 0.15) is 21.6 Å². The lowest BCUT2D eigenvalue weighted by Gasteiger charge is -2.19. The third-order valence-electron chi connectivity index (χ3n) is 4.27. The minimum absolute atomic E-state index is 0.0834. The van der Waals surface area contributed by atoms with Gasteiger partial charge in [0.05, 0.1) is 24.1 Å². The Hall–Kier alpha value is -3.13. The van der Waals surface area contributed by atoms with Crippen molar-refractivity contribution in [2.75, 3.05) is 25.2 Å². The summed E-state index contributed by atoms with van der Waals surface area (Å²) in [6.45, 7) is 3.64. The molecule has 1 N–H and O–H groups in total. The predicted octanol–water partition coefficient (Wildman–Crippen LogP) is 3.79. The summed E-state index contributed by atoms with van der Waals surface area (Å²) in [5.41, 5.74) is 2.71. The van der Waals surface area contributed by atoms with Gasteiger partial charge in [-0.25, -0.2) is 9.97 Å². The minimum atomic E-state index is -0.308. The monoisotopic (exact) mass is 410 g/mol. The molecular formula is C21H22N4O3S. The number of nitrogens with zero attached hydrogens (tertiary/aromatic N) is 3. The fourth-order valence-electron chi connectivity index (χ4n) is 2.77. The van der Waals surface area contributed by atoms with E-state index in [9.17, 15) is 9.59 Å². The summed E-state index contributed by atoms with van der Waals surface area (Å²) in [5, 5.41) is 3.34. The second kappa shape index (κ2) is 8.91. The number of hydrogen-bond donors (Lipinski definition) is 1. The van der Waals surface area contributed by atoms with Crippen LogP contribution in [0.2, 0.25) is 0 Å². The molecule has 0 radical (unpaired) electrons. The van der Waals surface area contributed by atoms with Crippen LogP contribution in [-0.2, 0) is 4.79 Å². The SMILES string of the molecule is CSc1nc(-c2ccco2)nc(C)c1C(=O)N(C)CC(=O)Nc1ccc(C)cc1. The molecule has 0 aliphatic carbocycles. The van der Waals surface area contributed by atoms with E-state index in [1.165, 1.54) is 16.7 Å². The molecule has 0 saturated heterocycles. The number of hydrogen-bond acceptors (Lipinski definition) is 6. The van der Waals surface area contributed by atoms with Crippen LogP contribution in [-0.4, -0.2) is 46.5 Å². The lowest BCUT2D eigenvalue weighted by Crippen LogP contribution is -2.35. The van der Waals surface area contributed by atoms with Crippen molar-refractivity contribution in [3.8, 4) is 11.6 Å². The molecule has 0 saturated carbocycles. The van der Waals surface area contributed by atoms with Crippen LogP contribution < -0.4 is 5.32 Å². The largest absolute Gasteiger partial charge is 0.461 e. The van der Waals surface area contributed by atoms with Gasteiger partial charge in [-0.3, -0.25) is 9.59 Å². The van der Waals surface area contributed by atoms with Gasteiger partial charge in [0.25, 0.3) is 5.91 Å². The van der Waals surface area contributed by atoms with Crippen molar-refractivity contribution in [3.05, 3.63) is 59.5 Å². The van der Waals surface area contributed by atoms with Gasteiger partial charge in [0.1, 0.15) is 5.03 Å². The second-order valence-electron chi connectivity index (χ2n) is 6.57. The van der Waals surface area contributed by atoms with Gasteiger partial charge in [-0.2, -0.15) is 0 Å². The first kappa shape index (κ1) is 20.6. The number of aryl methyl sites for hydroxylation is 2. The van der Waals surface area contributed by atoms with Crippen LogP contribution in [0.5, 0.6) is 0 Å². The third-order valence-corrected chi connectivity index (χ3v) is 4.95. The molecule has 3 aromatic rings. The molecule has 0 aliphatic heterocycles. The Bertz CT molecular complexity index is 1020. The molecule has 29 heavy (non-hydrogen) atoms. The van der Waals surface area contributed by atoms with E-state index in [0.717, 1.165) is 5.56 Å². The molecule has 1 aromatic carbocycles. The van der Waals surface area contributed by atoms with E-state index in [1.54, 1.807) is 32.4 Å². The number of likely N-dealkylation sites (N-methyl/N-ethyl adjacent to an activating group) is 1. The molecular weight excluding hydrogens is 388 g/mol. The number of rotatable bonds is 6. The Morgan fingerprint density at radius 2 is 1.86 bits per heavy atom. The van der Waals surface area contributed by atoms with Crippen molar-refractivity contribution in [2.45, 2.75) is 18.9 Å². The summed E-state index contributed by atoms with van der Waals surface area (Å²) < 4.78 is 5.36. The highest BCUT2D eigenvalue weighted by molar-refractivity contribution is 7.98. The Kier molecular flexibility index (Phi) is 6.33. The number of nitrogens with one attached hydrogen (secondary N) is 1. The van der Waals surface area contributed by atoms with Gasteiger partial charge in [0, 0.05) is 12.7 Å². The average Bonchev–Trinajstić information content (AvgIpc) is 3.23. The van der Waals surface area contributed by atoms with E-state index in [2.05, 4.69) is 15.3 Å². The van der Waals surface area contributed by atoms with Crippen LogP contribution >= 0.6 is 11.8 Å². The standard InChI is InChI=1S/C21H22N4O3S/c1-13-7-9-15(10-8-13)23-17(26)12-25(3)21(27)18-14(2)22-19(24-20(18)29-4)16-6-5-11-28-16/h5-11H,12H2,1-4H3,(H,23,26). The predicted molar refractivity (Wildman–Crippen MR) is 113 cm³/mol. The van der Waals surface area contributed by atoms with Gasteiger partial charge < -0.3 is 14.6 Å². The summed E-state index contributed by atoms with van der Waals surface area (Å²) in [4.78, 5) is 35.6. The number of anilines is 1. The molecule has 8 heteroatoms. The van der Waals surface area contributed by atoms with Gasteiger partial charge in [0.15, 0.2) is 11.6 Å². The molecule has 2 amide bonds. The summed E-state index contributed by atoms with van der Waals surface area (Å²) >= 11 is 1.35. The maximum Gasteiger partial charge on any atom is 0.258 e. The molecule has 2 heterocycles. The molecule has 0 fully saturated rings. The van der Waals surface area contributed by atoms with Crippen LogP contribution in [0, 0.1) is 13.8 Å². The van der Waals surface area contributed by atoms with Crippen LogP contribution in [0.15, 0.2) is 52.1 Å². The smallest absolute Gasteiger partial charge is 0.258 e. The topological polar surface area (TPSA) is 88.3 Å². The molecule has 7 nitrogen and oxygen atoms in total. The molecule has 0 spiro atoms. The maximum absolute atomic E-state index is 13.0. The van der Waals surface area contributed by atoms with E-state index in [4.69, 9.17) is 4.42 Å². The zero-order chi connectivity index (χ0) is 21.0. The van der Waals surface area contributed by atoms with Crippen LogP contribution in [0.25, 0.3) is 11.6 Å². The molecule has 0 atom stereocenters. The Morgan fingerprint density at radius 1 is 1.14 bits per heavy atom. The van der Waals surface area contributed by atoms with Crippen molar-refractivity contribution >= 4 is 29.3 Å². The summed E-state index contributed by atoms with van der Waals surface area (Å²) in [7, 11) is 1.58. The molecule has 2 aromatic heterocycles. The molecule has 3 rings (SSSR count). The highest BCUT2D eigenvalue weighted by atomic mass is 32.2. The minimum Gasteiger partial charge on any atom is -0.461 e. The van der Waals surface area contributed by atoms with Crippen LogP contribution in [0.3, 0.4) is 0 Å². The van der Waals surface area contributed by atoms with Crippen molar-refractivity contribution in [1.82, 2.24) is 14.9 Å². The number of carbonyl (C=O) groups is 2. The number of amides is 2. The number of carbonyl (C=O) groups excluding carboxylic acids is 2. The Morgan fingerprint density at radius 3 is 2.48 bits per heavy atom. The zero-order valence-corrected chi connectivity index (χ0v) is 17.5. The quantitative estimate of drug-likeness (QED) is 0.491. The first-order valence-corrected chi connectivity index (χ1v) is 10.2. The van der Waals surface area contributed by atoms with E-state index >= 15 is 0 Å². The van der Waals surface area contributed by atoms with Gasteiger partial charge in [-0.1, -0.05) is 17.7 Å². The number of furan rings is 1. The third kappa shape index (κ3) is 4.83. The molecule has 0 aliphatic rings. The first-order valence-electron chi connectivity index (χ1n) is 8.97. The van der Waals surface area contributed by atoms with Gasteiger partial charge in [-0.05, 0) is 44.4 Å². The van der Waals surface area contributed by atoms with E-state index < -0.39 is 0 Å². The maximum atomic E-state index is 13.0. The summed E-state index contributed by atoms with van der Waals surface area (Å²) in [6.07, 6.45) is 3.39. The fraction of sp³-hybridized carbons (Fsp3) is 0.238. The van der Waals surface area contributed by atoms with Crippen molar-refractivity contribution < 1.29 is 14.0 Å². The molecule has 0 bridgehead atoms. The average molecular weight is 410 g/mol. The summed E-state index contributed by atoms with van der Waals surface area (Å²) in [6, 6.07) is 11.0. The normalized spacial score (nSPS) is 10.6. The Balaban J connectivity index is 1.76. The summed E-state index contributed by atoms with van der Waals surface area (Å²) in [5.74, 6) is 0.375. The van der Waals surface area contributed by atoms with Gasteiger partial charge in [0.2, 0.25) is 5.91 Å². The van der Waals surface area contributed by atoms with Crippen molar-refractivity contribution in [1.29, 1.82) is 0 Å². The van der Waals surface area contributed by atoms with E-state index in [1.807, 2.05) is 37.4 Å². The van der Waals surface area contributed by atoms with E-state index in [0.29, 0.717) is 33.6 Å². The van der Waals surface area contributed by atoms with Crippen LogP contribution in [0.4, 0.5) is 5.69 Å². The van der Waals surface area contributed by atoms with Crippen molar-refractivity contribution in [3.63, 3.8) is 0 Å².